The highest BCUT2D eigenvalue weighted by Crippen LogP contribution is 2.30. The van der Waals surface area contributed by atoms with Gasteiger partial charge in [0.15, 0.2) is 0 Å². The van der Waals surface area contributed by atoms with Crippen LogP contribution in [0.1, 0.15) is 73.4 Å². The summed E-state index contributed by atoms with van der Waals surface area (Å²) in [5, 5.41) is 9.32. The van der Waals surface area contributed by atoms with Gasteiger partial charge in [-0.1, -0.05) is 79.2 Å². The molecule has 5 rings (SSSR count). The fourth-order valence-electron chi connectivity index (χ4n) is 5.71. The molecule has 3 aromatic carbocycles. The van der Waals surface area contributed by atoms with Crippen molar-refractivity contribution in [2.75, 3.05) is 6.54 Å². The van der Waals surface area contributed by atoms with E-state index in [1.807, 2.05) is 26.8 Å². The molecule has 0 unspecified atom stereocenters. The Morgan fingerprint density at radius 1 is 1.02 bits per heavy atom. The molecule has 0 amide bonds. The second-order valence-corrected chi connectivity index (χ2v) is 12.6. The van der Waals surface area contributed by atoms with Crippen LogP contribution in [-0.4, -0.2) is 34.0 Å². The van der Waals surface area contributed by atoms with E-state index in [-0.39, 0.29) is 18.6 Å². The minimum Gasteiger partial charge on any atom is -0.488 e. The van der Waals surface area contributed by atoms with Crippen molar-refractivity contribution in [3.63, 3.8) is 0 Å². The zero-order valence-electron chi connectivity index (χ0n) is 26.6. The minimum absolute atomic E-state index is 0.170. The van der Waals surface area contributed by atoms with E-state index >= 15 is 0 Å². The lowest BCUT2D eigenvalue weighted by Crippen LogP contribution is -2.46. The van der Waals surface area contributed by atoms with Crippen LogP contribution >= 0.6 is 0 Å². The van der Waals surface area contributed by atoms with Crippen molar-refractivity contribution < 1.29 is 14.3 Å². The number of nitriles is 1. The minimum atomic E-state index is -0.534. The maximum absolute atomic E-state index is 13.1. The zero-order valence-corrected chi connectivity index (χ0v) is 26.6. The first-order valence-electron chi connectivity index (χ1n) is 15.6. The van der Waals surface area contributed by atoms with E-state index in [0.717, 1.165) is 53.8 Å². The molecule has 1 aromatic heterocycles. The summed E-state index contributed by atoms with van der Waals surface area (Å²) in [5.41, 5.74) is 7.56. The summed E-state index contributed by atoms with van der Waals surface area (Å²) < 4.78 is 12.2. The summed E-state index contributed by atoms with van der Waals surface area (Å²) in [5.74, 6) is 0.569. The molecule has 0 radical (unpaired) electrons. The third-order valence-corrected chi connectivity index (χ3v) is 7.99. The molecule has 1 saturated heterocycles. The summed E-state index contributed by atoms with van der Waals surface area (Å²) in [4.78, 5) is 19.5. The molecule has 0 bridgehead atoms. The van der Waals surface area contributed by atoms with Gasteiger partial charge in [-0.2, -0.15) is 5.26 Å². The number of rotatable bonds is 9. The van der Waals surface area contributed by atoms with E-state index in [9.17, 15) is 10.1 Å². The molecule has 230 valence electrons. The second-order valence-electron chi connectivity index (χ2n) is 12.6. The van der Waals surface area contributed by atoms with E-state index in [2.05, 4.69) is 95.7 Å². The van der Waals surface area contributed by atoms with Crippen LogP contribution in [0, 0.1) is 18.3 Å². The number of nitrogens with zero attached hydrogens (tertiary/aromatic N) is 3. The molecule has 1 atom stereocenters. The Hall–Kier alpha value is -4.73. The van der Waals surface area contributed by atoms with E-state index in [0.29, 0.717) is 12.1 Å². The lowest BCUT2D eigenvalue weighted by molar-refractivity contribution is -0.163. The van der Waals surface area contributed by atoms with Gasteiger partial charge in [-0.3, -0.25) is 14.7 Å². The monoisotopic (exact) mass is 599 g/mol. The summed E-state index contributed by atoms with van der Waals surface area (Å²) in [7, 11) is 0. The van der Waals surface area contributed by atoms with Crippen LogP contribution in [0.25, 0.3) is 23.3 Å². The van der Waals surface area contributed by atoms with E-state index in [4.69, 9.17) is 9.47 Å². The van der Waals surface area contributed by atoms with Crippen LogP contribution in [0.3, 0.4) is 0 Å². The molecule has 0 N–H and O–H groups in total. The topological polar surface area (TPSA) is 75.5 Å². The van der Waals surface area contributed by atoms with Gasteiger partial charge in [0.05, 0.1) is 5.56 Å². The number of carbonyl (C=O) groups is 1. The second kappa shape index (κ2) is 14.4. The summed E-state index contributed by atoms with van der Waals surface area (Å²) in [6.45, 7) is 9.54. The highest BCUT2D eigenvalue weighted by molar-refractivity contribution is 5.78. The summed E-state index contributed by atoms with van der Waals surface area (Å²) in [6, 6.07) is 26.7. The zero-order chi connectivity index (χ0) is 31.8. The van der Waals surface area contributed by atoms with Gasteiger partial charge in [0.25, 0.3) is 0 Å². The lowest BCUT2D eigenvalue weighted by atomic mass is 9.96. The van der Waals surface area contributed by atoms with Crippen molar-refractivity contribution in [2.45, 2.75) is 71.8 Å². The first-order chi connectivity index (χ1) is 21.7. The molecule has 0 aliphatic carbocycles. The number of hydrogen-bond donors (Lipinski definition) is 0. The molecule has 1 aliphatic rings. The standard InChI is InChI=1S/C39H41N3O3/c1-28-32(13-10-14-35(28)33-11-6-5-7-12-33)18-16-29-17-19-34(37(22-29)44-27-31-21-30(23-40)24-41-25-31)26-42-20-9-8-15-36(42)38(43)45-39(2,3)4/h5-7,10-14,16-19,21-22,24-25,36H,8-9,15,20,26-27H2,1-4H3/b18-16+/t36-/m0/s1. The molecule has 1 fully saturated rings. The Labute approximate surface area is 267 Å². The third-order valence-electron chi connectivity index (χ3n) is 7.99. The lowest BCUT2D eigenvalue weighted by Gasteiger charge is -2.36. The van der Waals surface area contributed by atoms with Crippen LogP contribution in [0.4, 0.5) is 0 Å². The molecule has 1 aliphatic heterocycles. The average Bonchev–Trinajstić information content (AvgIpc) is 3.04. The molecule has 0 spiro atoms. The van der Waals surface area contributed by atoms with Gasteiger partial charge in [0.1, 0.15) is 30.1 Å². The third kappa shape index (κ3) is 8.47. The fourth-order valence-corrected chi connectivity index (χ4v) is 5.71. The summed E-state index contributed by atoms with van der Waals surface area (Å²) >= 11 is 0. The van der Waals surface area contributed by atoms with E-state index in [1.54, 1.807) is 18.5 Å². The highest BCUT2D eigenvalue weighted by Gasteiger charge is 2.32. The molecule has 6 heteroatoms. The van der Waals surface area contributed by atoms with Crippen molar-refractivity contribution in [2.24, 2.45) is 0 Å². The Kier molecular flexibility index (Phi) is 10.1. The van der Waals surface area contributed by atoms with E-state index in [1.165, 1.54) is 16.7 Å². The average molecular weight is 600 g/mol. The number of benzene rings is 3. The van der Waals surface area contributed by atoms with Gasteiger partial charge in [-0.25, -0.2) is 0 Å². The molecular formula is C39H41N3O3. The Morgan fingerprint density at radius 2 is 1.84 bits per heavy atom. The quantitative estimate of drug-likeness (QED) is 0.142. The number of aromatic nitrogens is 1. The predicted molar refractivity (Wildman–Crippen MR) is 179 cm³/mol. The molecule has 0 saturated carbocycles. The number of likely N-dealkylation sites (tertiary alicyclic amines) is 1. The van der Waals surface area contributed by atoms with Gasteiger partial charge in [-0.15, -0.1) is 0 Å². The molecule has 4 aromatic rings. The van der Waals surface area contributed by atoms with Crippen LogP contribution in [0.2, 0.25) is 0 Å². The van der Waals surface area contributed by atoms with Crippen LogP contribution in [0.5, 0.6) is 5.75 Å². The fraction of sp³-hybridized carbons (Fsp3) is 0.308. The van der Waals surface area contributed by atoms with Gasteiger partial charge >= 0.3 is 5.97 Å². The van der Waals surface area contributed by atoms with Gasteiger partial charge in [0, 0.05) is 30.1 Å². The van der Waals surface area contributed by atoms with Gasteiger partial charge < -0.3 is 9.47 Å². The Morgan fingerprint density at radius 3 is 2.62 bits per heavy atom. The first kappa shape index (κ1) is 31.7. The van der Waals surface area contributed by atoms with Crippen molar-refractivity contribution in [3.8, 4) is 22.9 Å². The molecular weight excluding hydrogens is 558 g/mol. The number of carbonyl (C=O) groups excluding carboxylic acids is 1. The van der Waals surface area contributed by atoms with Gasteiger partial charge in [-0.05, 0) is 87.0 Å². The largest absolute Gasteiger partial charge is 0.488 e. The molecule has 2 heterocycles. The Bertz CT molecular complexity index is 1700. The van der Waals surface area contributed by atoms with Gasteiger partial charge in [0.2, 0.25) is 0 Å². The van der Waals surface area contributed by atoms with Crippen molar-refractivity contribution in [1.82, 2.24) is 9.88 Å². The number of ether oxygens (including phenoxy) is 2. The summed E-state index contributed by atoms with van der Waals surface area (Å²) in [6.07, 6.45) is 10.3. The smallest absolute Gasteiger partial charge is 0.323 e. The van der Waals surface area contributed by atoms with Crippen molar-refractivity contribution in [1.29, 1.82) is 5.26 Å². The molecule has 6 nitrogen and oxygen atoms in total. The van der Waals surface area contributed by atoms with Crippen LogP contribution in [-0.2, 0) is 22.7 Å². The van der Waals surface area contributed by atoms with Crippen molar-refractivity contribution >= 4 is 18.1 Å². The molecule has 45 heavy (non-hydrogen) atoms. The predicted octanol–water partition coefficient (Wildman–Crippen LogP) is 8.37. The SMILES string of the molecule is Cc1c(/C=C/c2ccc(CN3CCCC[C@H]3C(=O)OC(C)(C)C)c(OCc3cncc(C#N)c3)c2)cccc1-c1ccccc1. The normalized spacial score (nSPS) is 15.5. The maximum Gasteiger partial charge on any atom is 0.323 e. The number of pyridine rings is 1. The number of hydrogen-bond acceptors (Lipinski definition) is 6. The Balaban J connectivity index is 1.42. The highest BCUT2D eigenvalue weighted by atomic mass is 16.6. The van der Waals surface area contributed by atoms with Crippen molar-refractivity contribution in [3.05, 3.63) is 119 Å². The number of esters is 1. The van der Waals surface area contributed by atoms with Crippen LogP contribution < -0.4 is 4.74 Å². The first-order valence-corrected chi connectivity index (χ1v) is 15.6. The number of piperidine rings is 1. The van der Waals surface area contributed by atoms with Crippen LogP contribution in [0.15, 0.2) is 85.2 Å². The van der Waals surface area contributed by atoms with E-state index < -0.39 is 5.60 Å². The maximum atomic E-state index is 13.1.